The molecule has 5 nitrogen and oxygen atoms in total. The average Bonchev–Trinajstić information content (AvgIpc) is 3.17. The Morgan fingerprint density at radius 2 is 2.13 bits per heavy atom. The minimum atomic E-state index is -0.980. The zero-order valence-corrected chi connectivity index (χ0v) is 14.0. The first-order chi connectivity index (χ1) is 10.9. The van der Waals surface area contributed by atoms with Crippen LogP contribution in [-0.4, -0.2) is 25.8 Å². The highest BCUT2D eigenvalue weighted by atomic mass is 32.1. The number of aryl methyl sites for hydroxylation is 1. The molecule has 0 aliphatic rings. The molecule has 3 aromatic rings. The summed E-state index contributed by atoms with van der Waals surface area (Å²) >= 11 is 1.55. The minimum Gasteiger partial charge on any atom is -0.478 e. The van der Waals surface area contributed by atoms with Crippen LogP contribution in [-0.2, 0) is 5.54 Å². The molecule has 0 radical (unpaired) electrons. The van der Waals surface area contributed by atoms with Crippen molar-refractivity contribution in [1.82, 2.24) is 14.8 Å². The summed E-state index contributed by atoms with van der Waals surface area (Å²) in [5.41, 5.74) is 2.85. The molecule has 2 aromatic heterocycles. The lowest BCUT2D eigenvalue weighted by atomic mass is 10.1. The van der Waals surface area contributed by atoms with Gasteiger partial charge in [-0.1, -0.05) is 23.8 Å². The van der Waals surface area contributed by atoms with Gasteiger partial charge in [-0.05, 0) is 26.8 Å². The third-order valence-corrected chi connectivity index (χ3v) is 4.90. The number of nitrogens with zero attached hydrogens (tertiary/aromatic N) is 3. The molecular weight excluding hydrogens is 310 g/mol. The van der Waals surface area contributed by atoms with Crippen molar-refractivity contribution in [3.8, 4) is 11.3 Å². The van der Waals surface area contributed by atoms with Crippen molar-refractivity contribution in [3.63, 3.8) is 0 Å². The minimum absolute atomic E-state index is 0.175. The molecule has 0 saturated heterocycles. The molecule has 1 aromatic carbocycles. The Morgan fingerprint density at radius 3 is 2.78 bits per heavy atom. The largest absolute Gasteiger partial charge is 0.478 e. The zero-order chi connectivity index (χ0) is 16.6. The summed E-state index contributed by atoms with van der Waals surface area (Å²) < 4.78 is 1.65. The normalized spacial score (nSPS) is 11.6. The monoisotopic (exact) mass is 327 g/mol. The van der Waals surface area contributed by atoms with Crippen molar-refractivity contribution < 1.29 is 9.90 Å². The zero-order valence-electron chi connectivity index (χ0n) is 13.1. The summed E-state index contributed by atoms with van der Waals surface area (Å²) in [6.45, 7) is 6.01. The molecule has 0 bridgehead atoms. The molecule has 3 rings (SSSR count). The van der Waals surface area contributed by atoms with Gasteiger partial charge in [0.2, 0.25) is 0 Å². The van der Waals surface area contributed by atoms with E-state index in [-0.39, 0.29) is 5.56 Å². The summed E-state index contributed by atoms with van der Waals surface area (Å²) in [6, 6.07) is 8.21. The Hall–Kier alpha value is -2.47. The smallest absolute Gasteiger partial charge is 0.338 e. The van der Waals surface area contributed by atoms with E-state index >= 15 is 0 Å². The van der Waals surface area contributed by atoms with Crippen LogP contribution in [0.3, 0.4) is 0 Å². The van der Waals surface area contributed by atoms with E-state index in [1.54, 1.807) is 16.0 Å². The van der Waals surface area contributed by atoms with Crippen LogP contribution in [0.2, 0.25) is 0 Å². The van der Waals surface area contributed by atoms with Gasteiger partial charge >= 0.3 is 5.97 Å². The summed E-state index contributed by atoms with van der Waals surface area (Å²) in [4.78, 5) is 15.8. The van der Waals surface area contributed by atoms with E-state index in [4.69, 9.17) is 10.1 Å². The third-order valence-electron chi connectivity index (χ3n) is 3.74. The van der Waals surface area contributed by atoms with Crippen LogP contribution in [0.15, 0.2) is 42.0 Å². The van der Waals surface area contributed by atoms with Crippen molar-refractivity contribution in [1.29, 1.82) is 0 Å². The Balaban J connectivity index is 1.96. The van der Waals surface area contributed by atoms with Gasteiger partial charge in [0, 0.05) is 17.1 Å². The molecule has 0 aliphatic carbocycles. The Kier molecular flexibility index (Phi) is 3.77. The molecule has 0 atom stereocenters. The Labute approximate surface area is 138 Å². The standard InChI is InChI=1S/C17H17N3O2S/c1-11-5-4-6-12(7-11)14-10-23-16(19-14)17(2,3)20-9-13(8-18-20)15(21)22/h4-10H,1-3H3,(H,21,22). The van der Waals surface area contributed by atoms with E-state index in [0.717, 1.165) is 16.3 Å². The fraction of sp³-hybridized carbons (Fsp3) is 0.235. The highest BCUT2D eigenvalue weighted by Gasteiger charge is 2.28. The van der Waals surface area contributed by atoms with Gasteiger partial charge in [-0.3, -0.25) is 4.68 Å². The van der Waals surface area contributed by atoms with Crippen molar-refractivity contribution in [2.24, 2.45) is 0 Å². The summed E-state index contributed by atoms with van der Waals surface area (Å²) in [5.74, 6) is -0.980. The number of aromatic carboxylic acids is 1. The number of rotatable bonds is 4. The van der Waals surface area contributed by atoms with Crippen molar-refractivity contribution in [2.75, 3.05) is 0 Å². The van der Waals surface area contributed by atoms with Gasteiger partial charge in [0.25, 0.3) is 0 Å². The van der Waals surface area contributed by atoms with Gasteiger partial charge < -0.3 is 5.11 Å². The average molecular weight is 327 g/mol. The highest BCUT2D eigenvalue weighted by Crippen LogP contribution is 2.31. The van der Waals surface area contributed by atoms with Gasteiger partial charge in [0.1, 0.15) is 10.5 Å². The molecule has 0 aliphatic heterocycles. The lowest BCUT2D eigenvalue weighted by molar-refractivity contribution is 0.0696. The number of carboxylic acid groups (broad SMARTS) is 1. The first-order valence-electron chi connectivity index (χ1n) is 7.19. The fourth-order valence-corrected chi connectivity index (χ4v) is 3.27. The van der Waals surface area contributed by atoms with Crippen LogP contribution in [0.5, 0.6) is 0 Å². The van der Waals surface area contributed by atoms with Crippen LogP contribution in [0.4, 0.5) is 0 Å². The molecule has 0 amide bonds. The van der Waals surface area contributed by atoms with Gasteiger partial charge in [0.05, 0.1) is 17.5 Å². The van der Waals surface area contributed by atoms with Crippen molar-refractivity contribution in [2.45, 2.75) is 26.3 Å². The summed E-state index contributed by atoms with van der Waals surface area (Å²) in [7, 11) is 0. The van der Waals surface area contributed by atoms with E-state index in [1.165, 1.54) is 18.0 Å². The van der Waals surface area contributed by atoms with Gasteiger partial charge in [0.15, 0.2) is 0 Å². The molecular formula is C17H17N3O2S. The van der Waals surface area contributed by atoms with E-state index in [0.29, 0.717) is 0 Å². The van der Waals surface area contributed by atoms with Gasteiger partial charge in [-0.25, -0.2) is 9.78 Å². The molecule has 2 heterocycles. The molecule has 6 heteroatoms. The van der Waals surface area contributed by atoms with Crippen LogP contribution in [0, 0.1) is 6.92 Å². The van der Waals surface area contributed by atoms with E-state index in [9.17, 15) is 4.79 Å². The lowest BCUT2D eigenvalue weighted by Gasteiger charge is -2.22. The van der Waals surface area contributed by atoms with Gasteiger partial charge in [-0.15, -0.1) is 11.3 Å². The number of aromatic nitrogens is 3. The van der Waals surface area contributed by atoms with Crippen molar-refractivity contribution >= 4 is 17.3 Å². The first kappa shape index (κ1) is 15.4. The maximum atomic E-state index is 11.0. The highest BCUT2D eigenvalue weighted by molar-refractivity contribution is 7.10. The predicted molar refractivity (Wildman–Crippen MR) is 89.9 cm³/mol. The molecule has 118 valence electrons. The summed E-state index contributed by atoms with van der Waals surface area (Å²) in [6.07, 6.45) is 2.90. The maximum Gasteiger partial charge on any atom is 0.338 e. The Morgan fingerprint density at radius 1 is 1.35 bits per heavy atom. The van der Waals surface area contributed by atoms with Crippen LogP contribution >= 0.6 is 11.3 Å². The fourth-order valence-electron chi connectivity index (χ4n) is 2.33. The number of hydrogen-bond acceptors (Lipinski definition) is 4. The number of thiazole rings is 1. The molecule has 0 fully saturated rings. The van der Waals surface area contributed by atoms with Crippen LogP contribution < -0.4 is 0 Å². The van der Waals surface area contributed by atoms with Crippen LogP contribution in [0.1, 0.15) is 34.8 Å². The SMILES string of the molecule is Cc1cccc(-c2csc(C(C)(C)n3cc(C(=O)O)cn3)n2)c1. The van der Waals surface area contributed by atoms with Crippen molar-refractivity contribution in [3.05, 3.63) is 58.2 Å². The van der Waals surface area contributed by atoms with E-state index in [2.05, 4.69) is 24.2 Å². The van der Waals surface area contributed by atoms with Crippen LogP contribution in [0.25, 0.3) is 11.3 Å². The third kappa shape index (κ3) is 2.90. The maximum absolute atomic E-state index is 11.0. The molecule has 1 N–H and O–H groups in total. The van der Waals surface area contributed by atoms with Gasteiger partial charge in [-0.2, -0.15) is 5.10 Å². The second-order valence-corrected chi connectivity index (χ2v) is 6.80. The summed E-state index contributed by atoms with van der Waals surface area (Å²) in [5, 5.41) is 16.1. The molecule has 0 spiro atoms. The quantitative estimate of drug-likeness (QED) is 0.791. The van der Waals surface area contributed by atoms with E-state index < -0.39 is 11.5 Å². The second-order valence-electron chi connectivity index (χ2n) is 5.95. The molecule has 0 unspecified atom stereocenters. The second kappa shape index (κ2) is 5.62. The number of carboxylic acids is 1. The lowest BCUT2D eigenvalue weighted by Crippen LogP contribution is -2.28. The Bertz CT molecular complexity index is 864. The molecule has 23 heavy (non-hydrogen) atoms. The molecule has 0 saturated carbocycles. The number of benzene rings is 1. The first-order valence-corrected chi connectivity index (χ1v) is 8.07. The van der Waals surface area contributed by atoms with E-state index in [1.807, 2.05) is 31.4 Å². The topological polar surface area (TPSA) is 68.0 Å². The number of carbonyl (C=O) groups is 1. The predicted octanol–water partition coefficient (Wildman–Crippen LogP) is 3.80. The number of hydrogen-bond donors (Lipinski definition) is 1.